The summed E-state index contributed by atoms with van der Waals surface area (Å²) in [5.74, 6) is -0.370. The van der Waals surface area contributed by atoms with Crippen LogP contribution in [-0.2, 0) is 11.2 Å². The van der Waals surface area contributed by atoms with E-state index < -0.39 is 0 Å². The number of hydrogen-bond acceptors (Lipinski definition) is 7. The fraction of sp³-hybridized carbons (Fsp3) is 0.0476. The minimum Gasteiger partial charge on any atom is -0.459 e. The summed E-state index contributed by atoms with van der Waals surface area (Å²) in [6, 6.07) is 10.7. The number of carbonyl (C=O) groups is 2. The fourth-order valence-corrected chi connectivity index (χ4v) is 4.38. The highest BCUT2D eigenvalue weighted by molar-refractivity contribution is 7.15. The van der Waals surface area contributed by atoms with Crippen molar-refractivity contribution in [2.24, 2.45) is 0 Å². The first kappa shape index (κ1) is 19.2. The number of nitrogens with zero attached hydrogens (tertiary/aromatic N) is 3. The van der Waals surface area contributed by atoms with Gasteiger partial charge in [0.2, 0.25) is 5.91 Å². The van der Waals surface area contributed by atoms with Crippen LogP contribution in [-0.4, -0.2) is 26.2 Å². The summed E-state index contributed by atoms with van der Waals surface area (Å²) in [4.78, 5) is 34.2. The maximum atomic E-state index is 12.4. The van der Waals surface area contributed by atoms with E-state index in [0.717, 1.165) is 16.2 Å². The predicted octanol–water partition coefficient (Wildman–Crippen LogP) is 4.55. The Morgan fingerprint density at radius 3 is 2.71 bits per heavy atom. The Morgan fingerprint density at radius 2 is 1.94 bits per heavy atom. The van der Waals surface area contributed by atoms with Crippen LogP contribution in [0.3, 0.4) is 0 Å². The predicted molar refractivity (Wildman–Crippen MR) is 120 cm³/mol. The van der Waals surface area contributed by atoms with Crippen LogP contribution in [0.15, 0.2) is 70.2 Å². The molecule has 31 heavy (non-hydrogen) atoms. The van der Waals surface area contributed by atoms with Crippen LogP contribution < -0.4 is 10.6 Å². The van der Waals surface area contributed by atoms with Crippen molar-refractivity contribution in [1.82, 2.24) is 14.4 Å². The van der Waals surface area contributed by atoms with Crippen molar-refractivity contribution in [2.45, 2.75) is 6.42 Å². The number of thiazole rings is 2. The van der Waals surface area contributed by atoms with Gasteiger partial charge in [-0.2, -0.15) is 0 Å². The van der Waals surface area contributed by atoms with E-state index in [4.69, 9.17) is 4.42 Å². The maximum absolute atomic E-state index is 12.4. The molecule has 154 valence electrons. The summed E-state index contributed by atoms with van der Waals surface area (Å²) in [7, 11) is 0. The highest BCUT2D eigenvalue weighted by Gasteiger charge is 2.13. The van der Waals surface area contributed by atoms with E-state index in [9.17, 15) is 9.59 Å². The molecule has 8 nitrogen and oxygen atoms in total. The zero-order valence-electron chi connectivity index (χ0n) is 15.9. The molecule has 5 rings (SSSR count). The van der Waals surface area contributed by atoms with Gasteiger partial charge in [-0.05, 0) is 24.3 Å². The van der Waals surface area contributed by atoms with Crippen LogP contribution in [0.2, 0.25) is 0 Å². The molecule has 0 saturated carbocycles. The molecule has 0 aliphatic heterocycles. The maximum Gasteiger partial charge on any atom is 0.293 e. The van der Waals surface area contributed by atoms with Gasteiger partial charge in [0.25, 0.3) is 5.91 Å². The van der Waals surface area contributed by atoms with Crippen LogP contribution in [0.1, 0.15) is 16.2 Å². The van der Waals surface area contributed by atoms with E-state index in [-0.39, 0.29) is 24.0 Å². The number of amides is 2. The summed E-state index contributed by atoms with van der Waals surface area (Å²) in [6.07, 6.45) is 5.48. The second kappa shape index (κ2) is 8.17. The number of rotatable bonds is 6. The molecule has 0 fully saturated rings. The second-order valence-corrected chi connectivity index (χ2v) is 8.33. The molecule has 0 aliphatic rings. The van der Waals surface area contributed by atoms with Crippen LogP contribution in [0.5, 0.6) is 0 Å². The summed E-state index contributed by atoms with van der Waals surface area (Å²) < 4.78 is 7.03. The number of nitrogens with one attached hydrogen (secondary N) is 2. The first-order valence-corrected chi connectivity index (χ1v) is 11.0. The average molecular weight is 450 g/mol. The van der Waals surface area contributed by atoms with Crippen molar-refractivity contribution in [2.75, 3.05) is 10.6 Å². The number of hydrogen-bond donors (Lipinski definition) is 2. The zero-order chi connectivity index (χ0) is 21.2. The van der Waals surface area contributed by atoms with E-state index in [0.29, 0.717) is 16.5 Å². The van der Waals surface area contributed by atoms with Crippen molar-refractivity contribution in [3.05, 3.63) is 77.3 Å². The SMILES string of the molecule is O=C(Cc1csc(NC(=O)c2ccco2)n1)Nc1ccc(-c2cn3ccsc3n2)cc1. The Kier molecular flexibility index (Phi) is 5.06. The normalized spacial score (nSPS) is 11.0. The quantitative estimate of drug-likeness (QED) is 0.396. The number of imidazole rings is 1. The van der Waals surface area contributed by atoms with E-state index in [1.807, 2.05) is 46.4 Å². The van der Waals surface area contributed by atoms with Crippen molar-refractivity contribution < 1.29 is 14.0 Å². The van der Waals surface area contributed by atoms with E-state index in [2.05, 4.69) is 20.6 Å². The molecule has 2 N–H and O–H groups in total. The van der Waals surface area contributed by atoms with Gasteiger partial charge >= 0.3 is 0 Å². The molecule has 0 saturated heterocycles. The van der Waals surface area contributed by atoms with Crippen molar-refractivity contribution in [3.8, 4) is 11.3 Å². The number of aromatic nitrogens is 3. The molecular formula is C21H15N5O3S2. The smallest absolute Gasteiger partial charge is 0.293 e. The molecule has 0 unspecified atom stereocenters. The van der Waals surface area contributed by atoms with Gasteiger partial charge in [-0.3, -0.25) is 19.3 Å². The third-order valence-corrected chi connectivity index (χ3v) is 5.99. The first-order valence-electron chi connectivity index (χ1n) is 9.26. The van der Waals surface area contributed by atoms with Gasteiger partial charge in [0, 0.05) is 34.4 Å². The van der Waals surface area contributed by atoms with Crippen molar-refractivity contribution in [1.29, 1.82) is 0 Å². The third-order valence-electron chi connectivity index (χ3n) is 4.42. The Labute approximate surface area is 184 Å². The van der Waals surface area contributed by atoms with E-state index in [1.165, 1.54) is 17.6 Å². The highest BCUT2D eigenvalue weighted by atomic mass is 32.1. The minimum absolute atomic E-state index is 0.103. The standard InChI is InChI=1S/C21H15N5O3S2/c27-18(10-15-12-31-20(23-15)25-19(28)17-2-1-8-29-17)22-14-5-3-13(4-6-14)16-11-26-7-9-30-21(26)24-16/h1-9,11-12H,10H2,(H,22,27)(H,23,25,28). The van der Waals surface area contributed by atoms with Crippen LogP contribution in [0.4, 0.5) is 10.8 Å². The lowest BCUT2D eigenvalue weighted by Crippen LogP contribution is -2.15. The number of fused-ring (bicyclic) bond motifs is 1. The number of furan rings is 1. The topological polar surface area (TPSA) is 102 Å². The molecule has 2 amide bonds. The Balaban J connectivity index is 1.18. The van der Waals surface area contributed by atoms with Gasteiger partial charge in [-0.25, -0.2) is 9.97 Å². The van der Waals surface area contributed by atoms with Gasteiger partial charge in [-0.15, -0.1) is 22.7 Å². The van der Waals surface area contributed by atoms with Gasteiger partial charge in [0.05, 0.1) is 24.1 Å². The van der Waals surface area contributed by atoms with Gasteiger partial charge in [0.1, 0.15) is 0 Å². The van der Waals surface area contributed by atoms with E-state index in [1.54, 1.807) is 28.8 Å². The largest absolute Gasteiger partial charge is 0.459 e. The summed E-state index contributed by atoms with van der Waals surface area (Å²) in [5, 5.41) is 9.66. The lowest BCUT2D eigenvalue weighted by molar-refractivity contribution is -0.115. The highest BCUT2D eigenvalue weighted by Crippen LogP contribution is 2.23. The van der Waals surface area contributed by atoms with Gasteiger partial charge in [0.15, 0.2) is 15.9 Å². The molecule has 0 radical (unpaired) electrons. The molecule has 0 spiro atoms. The molecular weight excluding hydrogens is 434 g/mol. The lowest BCUT2D eigenvalue weighted by atomic mass is 10.1. The number of carbonyl (C=O) groups excluding carboxylic acids is 2. The van der Waals surface area contributed by atoms with E-state index >= 15 is 0 Å². The fourth-order valence-electron chi connectivity index (χ4n) is 2.97. The molecule has 5 aromatic rings. The molecule has 4 aromatic heterocycles. The van der Waals surface area contributed by atoms with Crippen LogP contribution in [0, 0.1) is 0 Å². The summed E-state index contributed by atoms with van der Waals surface area (Å²) >= 11 is 2.83. The van der Waals surface area contributed by atoms with Crippen LogP contribution in [0.25, 0.3) is 16.2 Å². The van der Waals surface area contributed by atoms with Gasteiger partial charge in [-0.1, -0.05) is 12.1 Å². The summed E-state index contributed by atoms with van der Waals surface area (Å²) in [6.45, 7) is 0. The Morgan fingerprint density at radius 1 is 1.06 bits per heavy atom. The Hall–Kier alpha value is -3.76. The zero-order valence-corrected chi connectivity index (χ0v) is 17.6. The summed E-state index contributed by atoms with van der Waals surface area (Å²) in [5.41, 5.74) is 3.13. The molecule has 4 heterocycles. The Bertz CT molecular complexity index is 1320. The first-order chi connectivity index (χ1) is 15.1. The second-order valence-electron chi connectivity index (χ2n) is 6.60. The molecule has 0 atom stereocenters. The lowest BCUT2D eigenvalue weighted by Gasteiger charge is -2.05. The number of benzene rings is 1. The third kappa shape index (κ3) is 4.25. The molecule has 0 bridgehead atoms. The van der Waals surface area contributed by atoms with Crippen molar-refractivity contribution >= 4 is 50.3 Å². The van der Waals surface area contributed by atoms with Crippen molar-refractivity contribution in [3.63, 3.8) is 0 Å². The molecule has 0 aliphatic carbocycles. The average Bonchev–Trinajstić information content (AvgIpc) is 3.53. The monoisotopic (exact) mass is 449 g/mol. The van der Waals surface area contributed by atoms with Crippen LogP contribution >= 0.6 is 22.7 Å². The minimum atomic E-state index is -0.381. The molecule has 1 aromatic carbocycles. The number of anilines is 2. The van der Waals surface area contributed by atoms with Gasteiger partial charge < -0.3 is 9.73 Å². The molecule has 10 heteroatoms.